The number of hydrogen-bond donors (Lipinski definition) is 0. The summed E-state index contributed by atoms with van der Waals surface area (Å²) in [4.78, 5) is 28.3. The molecule has 5 fully saturated rings. The highest BCUT2D eigenvalue weighted by atomic mass is 35.5. The van der Waals surface area contributed by atoms with Crippen LogP contribution in [0, 0.1) is 27.4 Å². The predicted molar refractivity (Wildman–Crippen MR) is 111 cm³/mol. The molecule has 0 aromatic heterocycles. The number of nitro benzene ring substituents is 1. The van der Waals surface area contributed by atoms with Crippen LogP contribution in [0.3, 0.4) is 0 Å². The Bertz CT molecular complexity index is 851. The molecule has 0 spiro atoms. The van der Waals surface area contributed by atoms with Gasteiger partial charge in [0.2, 0.25) is 0 Å². The van der Waals surface area contributed by atoms with E-state index >= 15 is 0 Å². The first-order chi connectivity index (χ1) is 13.8. The van der Waals surface area contributed by atoms with Gasteiger partial charge in [0.25, 0.3) is 11.6 Å². The van der Waals surface area contributed by atoms with Gasteiger partial charge < -0.3 is 4.90 Å². The predicted octanol–water partition coefficient (Wildman–Crippen LogP) is 4.36. The van der Waals surface area contributed by atoms with E-state index in [1.165, 1.54) is 50.7 Å². The Morgan fingerprint density at radius 2 is 1.79 bits per heavy atom. The number of halogens is 1. The molecule has 1 aromatic rings. The molecule has 1 aliphatic heterocycles. The maximum atomic E-state index is 13.0. The molecule has 2 atom stereocenters. The Balaban J connectivity index is 1.30. The molecule has 1 amide bonds. The lowest BCUT2D eigenvalue weighted by Crippen LogP contribution is -2.66. The van der Waals surface area contributed by atoms with Gasteiger partial charge in [-0.05, 0) is 67.9 Å². The van der Waals surface area contributed by atoms with E-state index in [-0.39, 0.29) is 22.2 Å². The van der Waals surface area contributed by atoms with Crippen LogP contribution < -0.4 is 0 Å². The first-order valence-corrected chi connectivity index (χ1v) is 11.1. The van der Waals surface area contributed by atoms with E-state index in [9.17, 15) is 14.9 Å². The summed E-state index contributed by atoms with van der Waals surface area (Å²) in [7, 11) is 0. The molecule has 4 saturated carbocycles. The number of hydrogen-bond acceptors (Lipinski definition) is 4. The third kappa shape index (κ3) is 3.25. The van der Waals surface area contributed by atoms with Gasteiger partial charge in [0, 0.05) is 42.8 Å². The first kappa shape index (κ1) is 19.3. The van der Waals surface area contributed by atoms with Crippen LogP contribution >= 0.6 is 11.6 Å². The molecule has 4 aliphatic carbocycles. The van der Waals surface area contributed by atoms with Crippen LogP contribution in [0.1, 0.15) is 55.8 Å². The molecule has 4 bridgehead atoms. The van der Waals surface area contributed by atoms with Crippen molar-refractivity contribution in [2.45, 2.75) is 51.0 Å². The van der Waals surface area contributed by atoms with E-state index < -0.39 is 4.92 Å². The van der Waals surface area contributed by atoms with Crippen molar-refractivity contribution in [1.29, 1.82) is 0 Å². The van der Waals surface area contributed by atoms with Crippen molar-refractivity contribution in [3.63, 3.8) is 0 Å². The largest absolute Gasteiger partial charge is 0.336 e. The molecule has 7 heteroatoms. The Morgan fingerprint density at radius 1 is 1.14 bits per heavy atom. The molecule has 1 saturated heterocycles. The fourth-order valence-corrected chi connectivity index (χ4v) is 7.59. The number of rotatable bonds is 3. The molecule has 1 aromatic carbocycles. The van der Waals surface area contributed by atoms with Gasteiger partial charge in [-0.25, -0.2) is 0 Å². The second-order valence-electron chi connectivity index (χ2n) is 10.2. The van der Waals surface area contributed by atoms with Crippen molar-refractivity contribution >= 4 is 23.2 Å². The Hall–Kier alpha value is -1.66. The first-order valence-electron chi connectivity index (χ1n) is 10.8. The zero-order valence-corrected chi connectivity index (χ0v) is 17.7. The van der Waals surface area contributed by atoms with E-state index in [2.05, 4.69) is 11.8 Å². The maximum absolute atomic E-state index is 13.0. The minimum Gasteiger partial charge on any atom is -0.336 e. The molecule has 5 aliphatic rings. The number of amides is 1. The molecule has 29 heavy (non-hydrogen) atoms. The number of benzene rings is 1. The highest BCUT2D eigenvalue weighted by Gasteiger charge is 2.58. The number of piperazine rings is 1. The number of nitrogens with zero attached hydrogens (tertiary/aromatic N) is 3. The van der Waals surface area contributed by atoms with Crippen molar-refractivity contribution in [1.82, 2.24) is 9.80 Å². The number of carbonyl (C=O) groups is 1. The Kier molecular flexibility index (Phi) is 4.44. The molecule has 0 radical (unpaired) electrons. The molecular formula is C22H28ClN3O3. The van der Waals surface area contributed by atoms with E-state index in [0.717, 1.165) is 24.9 Å². The van der Waals surface area contributed by atoms with Crippen molar-refractivity contribution < 1.29 is 9.72 Å². The summed E-state index contributed by atoms with van der Waals surface area (Å²) < 4.78 is 0. The molecule has 6 rings (SSSR count). The van der Waals surface area contributed by atoms with E-state index in [1.54, 1.807) is 11.0 Å². The summed E-state index contributed by atoms with van der Waals surface area (Å²) in [6.45, 7) is 5.47. The third-order valence-electron chi connectivity index (χ3n) is 7.95. The summed E-state index contributed by atoms with van der Waals surface area (Å²) in [5.41, 5.74) is 0.746. The highest BCUT2D eigenvalue weighted by molar-refractivity contribution is 6.31. The molecule has 6 nitrogen and oxygen atoms in total. The Morgan fingerprint density at radius 3 is 2.38 bits per heavy atom. The minimum atomic E-state index is -0.522. The van der Waals surface area contributed by atoms with Gasteiger partial charge in [0.1, 0.15) is 5.56 Å². The van der Waals surface area contributed by atoms with Gasteiger partial charge in [-0.1, -0.05) is 18.5 Å². The second kappa shape index (κ2) is 6.67. The normalized spacial score (nSPS) is 36.4. The lowest BCUT2D eigenvalue weighted by Gasteiger charge is -2.65. The summed E-state index contributed by atoms with van der Waals surface area (Å²) in [6.07, 6.45) is 8.12. The second-order valence-corrected chi connectivity index (χ2v) is 10.6. The monoisotopic (exact) mass is 417 g/mol. The van der Waals surface area contributed by atoms with Crippen molar-refractivity contribution in [3.05, 3.63) is 38.9 Å². The van der Waals surface area contributed by atoms with E-state index in [0.29, 0.717) is 24.0 Å². The van der Waals surface area contributed by atoms with Gasteiger partial charge in [-0.2, -0.15) is 0 Å². The minimum absolute atomic E-state index is 0.134. The van der Waals surface area contributed by atoms with Crippen LogP contribution in [0.15, 0.2) is 18.2 Å². The van der Waals surface area contributed by atoms with Crippen molar-refractivity contribution in [2.75, 3.05) is 26.2 Å². The molecular weight excluding hydrogens is 390 g/mol. The van der Waals surface area contributed by atoms with Crippen molar-refractivity contribution in [3.8, 4) is 0 Å². The van der Waals surface area contributed by atoms with E-state index in [1.807, 2.05) is 0 Å². The average molecular weight is 418 g/mol. The Labute approximate surface area is 176 Å². The van der Waals surface area contributed by atoms with Crippen LogP contribution in [0.5, 0.6) is 0 Å². The van der Waals surface area contributed by atoms with Crippen LogP contribution in [-0.2, 0) is 0 Å². The van der Waals surface area contributed by atoms with Gasteiger partial charge in [-0.3, -0.25) is 19.8 Å². The lowest BCUT2D eigenvalue weighted by molar-refractivity contribution is -0.385. The summed E-state index contributed by atoms with van der Waals surface area (Å²) in [5.74, 6) is 1.49. The van der Waals surface area contributed by atoms with E-state index in [4.69, 9.17) is 11.6 Å². The summed E-state index contributed by atoms with van der Waals surface area (Å²) in [5, 5.41) is 11.6. The SMILES string of the molecule is CC12C[C@@H]3C[C@@H](C1)CC(N1CCN(C(=O)c4ccc(Cl)cc4[N+](=O)[O-])CC1)(C3)C2. The smallest absolute Gasteiger partial charge is 0.283 e. The molecule has 1 heterocycles. The standard InChI is InChI=1S/C22H28ClN3O3/c1-21-10-15-8-16(11-21)13-22(12-15,14-21)25-6-4-24(5-7-25)20(27)18-3-2-17(23)9-19(18)26(28)29/h2-3,9,15-16H,4-8,10-14H2,1H3/t15-,16-,21?,22?/m0/s1. The van der Waals surface area contributed by atoms with Gasteiger partial charge in [0.15, 0.2) is 0 Å². The fourth-order valence-electron chi connectivity index (χ4n) is 7.43. The lowest BCUT2D eigenvalue weighted by atomic mass is 9.47. The molecule has 0 N–H and O–H groups in total. The van der Waals surface area contributed by atoms with Gasteiger partial charge in [0.05, 0.1) is 4.92 Å². The van der Waals surface area contributed by atoms with Crippen LogP contribution in [0.4, 0.5) is 5.69 Å². The van der Waals surface area contributed by atoms with Crippen LogP contribution in [-0.4, -0.2) is 52.3 Å². The zero-order valence-electron chi connectivity index (χ0n) is 16.9. The highest BCUT2D eigenvalue weighted by Crippen LogP contribution is 2.63. The quantitative estimate of drug-likeness (QED) is 0.541. The topological polar surface area (TPSA) is 66.7 Å². The van der Waals surface area contributed by atoms with Gasteiger partial charge in [-0.15, -0.1) is 0 Å². The van der Waals surface area contributed by atoms with Crippen LogP contribution in [0.25, 0.3) is 0 Å². The van der Waals surface area contributed by atoms with Crippen LogP contribution in [0.2, 0.25) is 5.02 Å². The fraction of sp³-hybridized carbons (Fsp3) is 0.682. The number of nitro groups is 1. The summed E-state index contributed by atoms with van der Waals surface area (Å²) >= 11 is 5.90. The third-order valence-corrected chi connectivity index (χ3v) is 8.18. The number of carbonyl (C=O) groups excluding carboxylic acids is 1. The average Bonchev–Trinajstić information content (AvgIpc) is 2.65. The maximum Gasteiger partial charge on any atom is 0.283 e. The van der Waals surface area contributed by atoms with Gasteiger partial charge >= 0.3 is 0 Å². The molecule has 0 unspecified atom stereocenters. The zero-order chi connectivity index (χ0) is 20.4. The summed E-state index contributed by atoms with van der Waals surface area (Å²) in [6, 6.07) is 4.30. The molecule has 156 valence electrons. The van der Waals surface area contributed by atoms with Crippen molar-refractivity contribution in [2.24, 2.45) is 17.3 Å².